The van der Waals surface area contributed by atoms with Gasteiger partial charge in [0.1, 0.15) is 0 Å². The zero-order chi connectivity index (χ0) is 13.4. The predicted molar refractivity (Wildman–Crippen MR) is 74.0 cm³/mol. The van der Waals surface area contributed by atoms with Crippen molar-refractivity contribution in [3.8, 4) is 0 Å². The Balaban J connectivity index is 2.25. The largest absolute Gasteiger partial charge is 0.383 e. The summed E-state index contributed by atoms with van der Waals surface area (Å²) in [6, 6.07) is 8.19. The minimum absolute atomic E-state index is 0.0262. The number of rotatable bonds is 7. The molecule has 0 radical (unpaired) electrons. The number of benzene rings is 1. The highest BCUT2D eigenvalue weighted by atomic mass is 35.5. The molecule has 1 atom stereocenters. The van der Waals surface area contributed by atoms with Gasteiger partial charge in [-0.05, 0) is 18.9 Å². The number of hydrogen-bond acceptors (Lipinski definition) is 2. The van der Waals surface area contributed by atoms with E-state index in [9.17, 15) is 4.79 Å². The average molecular weight is 270 g/mol. The van der Waals surface area contributed by atoms with E-state index >= 15 is 0 Å². The lowest BCUT2D eigenvalue weighted by Gasteiger charge is -2.10. The highest BCUT2D eigenvalue weighted by molar-refractivity contribution is 6.21. The fourth-order valence-electron chi connectivity index (χ4n) is 1.68. The van der Waals surface area contributed by atoms with Crippen LogP contribution in [0.2, 0.25) is 0 Å². The molecule has 1 N–H and O–H groups in total. The molecule has 0 heterocycles. The predicted octanol–water partition coefficient (Wildman–Crippen LogP) is 2.30. The molecule has 0 aliphatic heterocycles. The number of methoxy groups -OCH3 is 1. The Hall–Kier alpha value is -1.06. The van der Waals surface area contributed by atoms with E-state index in [1.165, 1.54) is 11.1 Å². The molecule has 0 saturated carbocycles. The van der Waals surface area contributed by atoms with Crippen molar-refractivity contribution < 1.29 is 9.53 Å². The van der Waals surface area contributed by atoms with Crippen LogP contribution in [0.1, 0.15) is 17.5 Å². The Kier molecular flexibility index (Phi) is 6.76. The van der Waals surface area contributed by atoms with Gasteiger partial charge < -0.3 is 10.1 Å². The van der Waals surface area contributed by atoms with Crippen LogP contribution in [0.15, 0.2) is 24.3 Å². The van der Waals surface area contributed by atoms with Crippen LogP contribution in [0.5, 0.6) is 0 Å². The van der Waals surface area contributed by atoms with Crippen molar-refractivity contribution in [2.75, 3.05) is 20.3 Å². The Morgan fingerprint density at radius 1 is 1.50 bits per heavy atom. The lowest BCUT2D eigenvalue weighted by atomic mass is 10.1. The zero-order valence-electron chi connectivity index (χ0n) is 10.9. The van der Waals surface area contributed by atoms with Crippen LogP contribution in [0.4, 0.5) is 0 Å². The fraction of sp³-hybridized carbons (Fsp3) is 0.500. The van der Waals surface area contributed by atoms with Crippen molar-refractivity contribution in [1.29, 1.82) is 0 Å². The molecule has 3 nitrogen and oxygen atoms in total. The van der Waals surface area contributed by atoms with Gasteiger partial charge in [-0.1, -0.05) is 29.8 Å². The maximum atomic E-state index is 11.6. The third kappa shape index (κ3) is 6.03. The van der Waals surface area contributed by atoms with Crippen LogP contribution in [0, 0.1) is 6.92 Å². The van der Waals surface area contributed by atoms with Gasteiger partial charge in [0, 0.05) is 20.1 Å². The summed E-state index contributed by atoms with van der Waals surface area (Å²) in [7, 11) is 1.59. The topological polar surface area (TPSA) is 38.3 Å². The summed E-state index contributed by atoms with van der Waals surface area (Å²) in [5.41, 5.74) is 2.40. The van der Waals surface area contributed by atoms with Crippen LogP contribution in [0.25, 0.3) is 0 Å². The zero-order valence-corrected chi connectivity index (χ0v) is 11.7. The van der Waals surface area contributed by atoms with E-state index in [-0.39, 0.29) is 11.3 Å². The SMILES string of the molecule is COCC(Cl)CNC(=O)CCc1cccc(C)c1. The smallest absolute Gasteiger partial charge is 0.220 e. The molecule has 1 amide bonds. The number of carbonyl (C=O) groups is 1. The minimum atomic E-state index is -0.169. The second kappa shape index (κ2) is 8.11. The molecule has 0 aliphatic rings. The van der Waals surface area contributed by atoms with Gasteiger partial charge in [0.25, 0.3) is 0 Å². The van der Waals surface area contributed by atoms with Crippen LogP contribution < -0.4 is 5.32 Å². The highest BCUT2D eigenvalue weighted by Crippen LogP contribution is 2.06. The molecule has 0 saturated heterocycles. The van der Waals surface area contributed by atoms with Gasteiger partial charge in [-0.3, -0.25) is 4.79 Å². The lowest BCUT2D eigenvalue weighted by molar-refractivity contribution is -0.121. The molecule has 100 valence electrons. The standard InChI is InChI=1S/C14H20ClNO2/c1-11-4-3-5-12(8-11)6-7-14(17)16-9-13(15)10-18-2/h3-5,8,13H,6-7,9-10H2,1-2H3,(H,16,17). The van der Waals surface area contributed by atoms with Gasteiger partial charge in [0.15, 0.2) is 0 Å². The summed E-state index contributed by atoms with van der Waals surface area (Å²) < 4.78 is 4.90. The first kappa shape index (κ1) is 15.0. The summed E-state index contributed by atoms with van der Waals surface area (Å²) in [6.45, 7) is 2.94. The first-order valence-corrected chi connectivity index (χ1v) is 6.50. The second-order valence-corrected chi connectivity index (χ2v) is 4.96. The molecule has 4 heteroatoms. The van der Waals surface area contributed by atoms with E-state index in [1.54, 1.807) is 7.11 Å². The van der Waals surface area contributed by atoms with Gasteiger partial charge >= 0.3 is 0 Å². The van der Waals surface area contributed by atoms with E-state index in [2.05, 4.69) is 11.4 Å². The van der Waals surface area contributed by atoms with E-state index < -0.39 is 0 Å². The maximum absolute atomic E-state index is 11.6. The Morgan fingerprint density at radius 3 is 2.94 bits per heavy atom. The van der Waals surface area contributed by atoms with E-state index in [1.807, 2.05) is 25.1 Å². The van der Waals surface area contributed by atoms with Crippen molar-refractivity contribution in [1.82, 2.24) is 5.32 Å². The quantitative estimate of drug-likeness (QED) is 0.772. The van der Waals surface area contributed by atoms with E-state index in [0.29, 0.717) is 19.6 Å². The third-order valence-electron chi connectivity index (χ3n) is 2.59. The molecule has 0 bridgehead atoms. The van der Waals surface area contributed by atoms with Gasteiger partial charge in [-0.2, -0.15) is 0 Å². The molecule has 1 rings (SSSR count). The average Bonchev–Trinajstić information content (AvgIpc) is 2.34. The van der Waals surface area contributed by atoms with Crippen LogP contribution in [-0.4, -0.2) is 31.5 Å². The summed E-state index contributed by atoms with van der Waals surface area (Å²) in [5.74, 6) is 0.0262. The molecule has 0 aromatic heterocycles. The molecule has 0 aliphatic carbocycles. The van der Waals surface area contributed by atoms with Crippen molar-refractivity contribution in [2.45, 2.75) is 25.1 Å². The number of alkyl halides is 1. The first-order chi connectivity index (χ1) is 8.61. The van der Waals surface area contributed by atoms with Crippen LogP contribution in [0.3, 0.4) is 0 Å². The third-order valence-corrected chi connectivity index (χ3v) is 2.87. The highest BCUT2D eigenvalue weighted by Gasteiger charge is 2.07. The number of ether oxygens (including phenoxy) is 1. The molecule has 0 spiro atoms. The van der Waals surface area contributed by atoms with Crippen LogP contribution in [-0.2, 0) is 16.0 Å². The molecule has 1 aromatic carbocycles. The number of hydrogen-bond donors (Lipinski definition) is 1. The first-order valence-electron chi connectivity index (χ1n) is 6.07. The van der Waals surface area contributed by atoms with Crippen LogP contribution >= 0.6 is 11.6 Å². The number of nitrogens with one attached hydrogen (secondary N) is 1. The van der Waals surface area contributed by atoms with Crippen molar-refractivity contribution >= 4 is 17.5 Å². The Bertz CT molecular complexity index is 382. The molecular formula is C14H20ClNO2. The molecule has 0 fully saturated rings. The molecule has 1 aromatic rings. The van der Waals surface area contributed by atoms with Crippen molar-refractivity contribution in [3.05, 3.63) is 35.4 Å². The number of aryl methyl sites for hydroxylation is 2. The minimum Gasteiger partial charge on any atom is -0.383 e. The molecule has 18 heavy (non-hydrogen) atoms. The monoisotopic (exact) mass is 269 g/mol. The van der Waals surface area contributed by atoms with Crippen molar-refractivity contribution in [3.63, 3.8) is 0 Å². The van der Waals surface area contributed by atoms with Crippen molar-refractivity contribution in [2.24, 2.45) is 0 Å². The van der Waals surface area contributed by atoms with Gasteiger partial charge in [-0.15, -0.1) is 11.6 Å². The summed E-state index contributed by atoms with van der Waals surface area (Å²) in [6.07, 6.45) is 1.24. The Morgan fingerprint density at radius 2 is 2.28 bits per heavy atom. The number of amides is 1. The lowest BCUT2D eigenvalue weighted by Crippen LogP contribution is -2.31. The van der Waals surface area contributed by atoms with Gasteiger partial charge in [0.2, 0.25) is 5.91 Å². The summed E-state index contributed by atoms with van der Waals surface area (Å²) >= 11 is 5.92. The summed E-state index contributed by atoms with van der Waals surface area (Å²) in [5, 5.41) is 2.63. The normalized spacial score (nSPS) is 12.2. The number of halogens is 1. The second-order valence-electron chi connectivity index (χ2n) is 4.35. The molecular weight excluding hydrogens is 250 g/mol. The summed E-state index contributed by atoms with van der Waals surface area (Å²) in [4.78, 5) is 11.6. The maximum Gasteiger partial charge on any atom is 0.220 e. The van der Waals surface area contributed by atoms with Gasteiger partial charge in [-0.25, -0.2) is 0 Å². The van der Waals surface area contributed by atoms with Gasteiger partial charge in [0.05, 0.1) is 12.0 Å². The number of carbonyl (C=O) groups excluding carboxylic acids is 1. The van der Waals surface area contributed by atoms with E-state index in [4.69, 9.17) is 16.3 Å². The van der Waals surface area contributed by atoms with E-state index in [0.717, 1.165) is 6.42 Å². The fourth-order valence-corrected chi connectivity index (χ4v) is 1.88. The Labute approximate surface area is 113 Å². The molecule has 1 unspecified atom stereocenters.